The van der Waals surface area contributed by atoms with Crippen molar-refractivity contribution >= 4 is 35.1 Å². The largest absolute Gasteiger partial charge is 0.324 e. The third kappa shape index (κ3) is 5.72. The summed E-state index contributed by atoms with van der Waals surface area (Å²) in [6, 6.07) is 7.28. The minimum absolute atomic E-state index is 0.124. The van der Waals surface area contributed by atoms with Crippen molar-refractivity contribution in [3.8, 4) is 0 Å². The Morgan fingerprint density at radius 1 is 1.53 bits per heavy atom. The molecule has 104 valence electrons. The predicted molar refractivity (Wildman–Crippen MR) is 87.0 cm³/mol. The fourth-order valence-electron chi connectivity index (χ4n) is 1.45. The molecule has 1 atom stereocenters. The first-order valence-electron chi connectivity index (χ1n) is 6.07. The summed E-state index contributed by atoms with van der Waals surface area (Å²) in [4.78, 5) is 13.0. The molecule has 0 saturated carbocycles. The molecule has 5 heteroatoms. The highest BCUT2D eigenvalue weighted by Gasteiger charge is 2.14. The second kappa shape index (κ2) is 9.07. The molecule has 0 saturated heterocycles. The van der Waals surface area contributed by atoms with E-state index in [9.17, 15) is 4.79 Å². The van der Waals surface area contributed by atoms with Crippen LogP contribution in [0, 0.1) is 0 Å². The van der Waals surface area contributed by atoms with Crippen molar-refractivity contribution in [3.63, 3.8) is 0 Å². The van der Waals surface area contributed by atoms with Gasteiger partial charge < -0.3 is 11.1 Å². The number of anilines is 1. The zero-order valence-corrected chi connectivity index (χ0v) is 12.7. The molecule has 0 aliphatic rings. The lowest BCUT2D eigenvalue weighted by molar-refractivity contribution is -0.117. The number of para-hydroxylation sites is 1. The number of nitrogens with one attached hydrogen (secondary N) is 1. The third-order valence-electron chi connectivity index (χ3n) is 2.47. The van der Waals surface area contributed by atoms with Crippen molar-refractivity contribution in [2.24, 2.45) is 5.73 Å². The first kappa shape index (κ1) is 16.1. The second-order valence-electron chi connectivity index (χ2n) is 3.97. The number of rotatable bonds is 8. The van der Waals surface area contributed by atoms with Crippen molar-refractivity contribution in [1.29, 1.82) is 0 Å². The smallest absolute Gasteiger partial charge is 0.241 e. The highest BCUT2D eigenvalue weighted by molar-refractivity contribution is 7.99. The summed E-state index contributed by atoms with van der Waals surface area (Å²) < 4.78 is 0. The average Bonchev–Trinajstić information content (AvgIpc) is 2.43. The van der Waals surface area contributed by atoms with Gasteiger partial charge in [0, 0.05) is 10.6 Å². The Balaban J connectivity index is 2.64. The van der Waals surface area contributed by atoms with Gasteiger partial charge in [-0.2, -0.15) is 11.8 Å². The topological polar surface area (TPSA) is 55.1 Å². The normalized spacial score (nSPS) is 11.9. The van der Waals surface area contributed by atoms with Crippen LogP contribution in [0.5, 0.6) is 0 Å². The van der Waals surface area contributed by atoms with Crippen molar-refractivity contribution in [2.45, 2.75) is 17.4 Å². The monoisotopic (exact) mass is 296 g/mol. The van der Waals surface area contributed by atoms with Crippen LogP contribution in [0.15, 0.2) is 41.8 Å². The first-order chi connectivity index (χ1) is 9.19. The van der Waals surface area contributed by atoms with E-state index >= 15 is 0 Å². The van der Waals surface area contributed by atoms with Crippen LogP contribution in [-0.4, -0.2) is 29.7 Å². The molecule has 0 aliphatic heterocycles. The molecule has 3 nitrogen and oxygen atoms in total. The van der Waals surface area contributed by atoms with Crippen LogP contribution in [0.25, 0.3) is 0 Å². The summed E-state index contributed by atoms with van der Waals surface area (Å²) in [6.45, 7) is 3.70. The van der Waals surface area contributed by atoms with Gasteiger partial charge in [0.15, 0.2) is 0 Å². The van der Waals surface area contributed by atoms with Gasteiger partial charge in [-0.1, -0.05) is 18.2 Å². The van der Waals surface area contributed by atoms with Gasteiger partial charge in [0.25, 0.3) is 0 Å². The van der Waals surface area contributed by atoms with Crippen LogP contribution in [0.4, 0.5) is 5.69 Å². The van der Waals surface area contributed by atoms with Gasteiger partial charge >= 0.3 is 0 Å². The van der Waals surface area contributed by atoms with E-state index < -0.39 is 6.04 Å². The Labute approximate surface area is 123 Å². The van der Waals surface area contributed by atoms with Crippen molar-refractivity contribution in [1.82, 2.24) is 0 Å². The Morgan fingerprint density at radius 3 is 2.95 bits per heavy atom. The van der Waals surface area contributed by atoms with Gasteiger partial charge in [-0.25, -0.2) is 0 Å². The number of benzene rings is 1. The maximum Gasteiger partial charge on any atom is 0.241 e. The molecule has 1 aromatic rings. The van der Waals surface area contributed by atoms with Gasteiger partial charge in [-0.3, -0.25) is 4.79 Å². The summed E-state index contributed by atoms with van der Waals surface area (Å²) in [5.74, 6) is 1.58. The van der Waals surface area contributed by atoms with Crippen molar-refractivity contribution in [3.05, 3.63) is 36.9 Å². The molecule has 1 amide bonds. The van der Waals surface area contributed by atoms with Crippen LogP contribution >= 0.6 is 23.5 Å². The van der Waals surface area contributed by atoms with Gasteiger partial charge in [0.05, 0.1) is 11.7 Å². The van der Waals surface area contributed by atoms with Crippen LogP contribution in [-0.2, 0) is 4.79 Å². The minimum Gasteiger partial charge on any atom is -0.324 e. The molecule has 0 spiro atoms. The van der Waals surface area contributed by atoms with Crippen LogP contribution in [0.1, 0.15) is 6.42 Å². The molecule has 0 fully saturated rings. The SMILES string of the molecule is C=CCSc1ccccc1NC(=O)[C@@H](N)CCSC. The predicted octanol–water partition coefficient (Wildman–Crippen LogP) is 2.98. The Hall–Kier alpha value is -0.910. The number of carbonyl (C=O) groups is 1. The number of nitrogens with two attached hydrogens (primary N) is 1. The van der Waals surface area contributed by atoms with E-state index in [0.29, 0.717) is 6.42 Å². The number of carbonyl (C=O) groups excluding carboxylic acids is 1. The lowest BCUT2D eigenvalue weighted by atomic mass is 10.2. The minimum atomic E-state index is -0.454. The summed E-state index contributed by atoms with van der Waals surface area (Å²) in [7, 11) is 0. The van der Waals surface area contributed by atoms with E-state index in [2.05, 4.69) is 11.9 Å². The van der Waals surface area contributed by atoms with E-state index in [1.807, 2.05) is 36.6 Å². The molecule has 0 aromatic heterocycles. The maximum atomic E-state index is 12.0. The fourth-order valence-corrected chi connectivity index (χ4v) is 2.68. The summed E-state index contributed by atoms with van der Waals surface area (Å²) in [5, 5.41) is 2.90. The molecular weight excluding hydrogens is 276 g/mol. The zero-order valence-electron chi connectivity index (χ0n) is 11.1. The molecule has 3 N–H and O–H groups in total. The van der Waals surface area contributed by atoms with E-state index in [1.54, 1.807) is 23.5 Å². The Morgan fingerprint density at radius 2 is 2.26 bits per heavy atom. The summed E-state index contributed by atoms with van der Waals surface area (Å²) >= 11 is 3.33. The lowest BCUT2D eigenvalue weighted by Crippen LogP contribution is -2.36. The summed E-state index contributed by atoms with van der Waals surface area (Å²) in [5.41, 5.74) is 6.67. The van der Waals surface area contributed by atoms with Crippen molar-refractivity contribution < 1.29 is 4.79 Å². The fraction of sp³-hybridized carbons (Fsp3) is 0.357. The molecule has 0 unspecified atom stereocenters. The van der Waals surface area contributed by atoms with Gasteiger partial charge in [-0.05, 0) is 30.6 Å². The molecule has 1 rings (SSSR count). The van der Waals surface area contributed by atoms with E-state index in [1.165, 1.54) is 0 Å². The van der Waals surface area contributed by atoms with Gasteiger partial charge in [0.2, 0.25) is 5.91 Å². The molecule has 19 heavy (non-hydrogen) atoms. The quantitative estimate of drug-likeness (QED) is 0.572. The van der Waals surface area contributed by atoms with Crippen LogP contribution in [0.3, 0.4) is 0 Å². The highest BCUT2D eigenvalue weighted by Crippen LogP contribution is 2.27. The molecular formula is C14H20N2OS2. The second-order valence-corrected chi connectivity index (χ2v) is 6.02. The molecule has 0 bridgehead atoms. The maximum absolute atomic E-state index is 12.0. The van der Waals surface area contributed by atoms with Gasteiger partial charge in [-0.15, -0.1) is 18.3 Å². The third-order valence-corrected chi connectivity index (χ3v) is 4.18. The van der Waals surface area contributed by atoms with E-state index in [4.69, 9.17) is 5.73 Å². The highest BCUT2D eigenvalue weighted by atomic mass is 32.2. The Bertz CT molecular complexity index is 424. The Kier molecular flexibility index (Phi) is 7.70. The standard InChI is InChI=1S/C14H20N2OS2/c1-3-9-19-13-7-5-4-6-12(13)16-14(17)11(15)8-10-18-2/h3-7,11H,1,8-10,15H2,2H3,(H,16,17)/t11-/m0/s1. The van der Waals surface area contributed by atoms with E-state index in [-0.39, 0.29) is 5.91 Å². The van der Waals surface area contributed by atoms with Gasteiger partial charge in [0.1, 0.15) is 0 Å². The summed E-state index contributed by atoms with van der Waals surface area (Å²) in [6.07, 6.45) is 4.54. The number of amides is 1. The lowest BCUT2D eigenvalue weighted by Gasteiger charge is -2.14. The number of hydrogen-bond donors (Lipinski definition) is 2. The zero-order chi connectivity index (χ0) is 14.1. The van der Waals surface area contributed by atoms with E-state index in [0.717, 1.165) is 22.1 Å². The molecule has 0 radical (unpaired) electrons. The first-order valence-corrected chi connectivity index (χ1v) is 8.45. The average molecular weight is 296 g/mol. The molecule has 0 aliphatic carbocycles. The molecule has 0 heterocycles. The number of thioether (sulfide) groups is 2. The molecule has 1 aromatic carbocycles. The number of hydrogen-bond acceptors (Lipinski definition) is 4. The van der Waals surface area contributed by atoms with Crippen LogP contribution < -0.4 is 11.1 Å². The van der Waals surface area contributed by atoms with Crippen molar-refractivity contribution in [2.75, 3.05) is 23.1 Å². The van der Waals surface area contributed by atoms with Crippen LogP contribution in [0.2, 0.25) is 0 Å².